The van der Waals surface area contributed by atoms with E-state index in [4.69, 9.17) is 32.7 Å². The first-order chi connectivity index (χ1) is 16.7. The Bertz CT molecular complexity index is 1220. The van der Waals surface area contributed by atoms with Gasteiger partial charge in [0, 0.05) is 29.3 Å². The second kappa shape index (κ2) is 10.5. The highest BCUT2D eigenvalue weighted by Crippen LogP contribution is 2.46. The van der Waals surface area contributed by atoms with Gasteiger partial charge in [0.05, 0.1) is 28.8 Å². The van der Waals surface area contributed by atoms with E-state index in [1.165, 1.54) is 0 Å². The molecule has 0 spiro atoms. The number of ether oxygens (including phenoxy) is 2. The number of allylic oxidation sites excluding steroid dienone is 3. The van der Waals surface area contributed by atoms with Gasteiger partial charge in [-0.15, -0.1) is 0 Å². The smallest absolute Gasteiger partial charge is 0.337 e. The van der Waals surface area contributed by atoms with Gasteiger partial charge < -0.3 is 14.8 Å². The molecule has 0 bridgehead atoms. The van der Waals surface area contributed by atoms with Gasteiger partial charge in [-0.1, -0.05) is 48.3 Å². The molecule has 2 aromatic rings. The lowest BCUT2D eigenvalue weighted by Gasteiger charge is -2.37. The zero-order valence-electron chi connectivity index (χ0n) is 20.3. The lowest BCUT2D eigenvalue weighted by atomic mass is 9.71. The minimum Gasteiger partial charge on any atom is -0.497 e. The summed E-state index contributed by atoms with van der Waals surface area (Å²) in [5, 5.41) is 4.16. The number of esters is 1. The summed E-state index contributed by atoms with van der Waals surface area (Å²) in [6, 6.07) is 13.1. The maximum Gasteiger partial charge on any atom is 0.337 e. The molecule has 1 aliphatic heterocycles. The third kappa shape index (κ3) is 5.12. The number of Topliss-reactive ketones (excluding diaryl/α,β-unsaturated/α-hetero) is 1. The van der Waals surface area contributed by atoms with Gasteiger partial charge in [0.15, 0.2) is 5.78 Å². The van der Waals surface area contributed by atoms with Crippen LogP contribution < -0.4 is 10.1 Å². The fraction of sp³-hybridized carbons (Fsp3) is 0.357. The van der Waals surface area contributed by atoms with E-state index < -0.39 is 11.9 Å². The summed E-state index contributed by atoms with van der Waals surface area (Å²) in [5.41, 5.74) is 4.34. The number of methoxy groups -OCH3 is 1. The van der Waals surface area contributed by atoms with Gasteiger partial charge in [-0.25, -0.2) is 4.79 Å². The maximum atomic E-state index is 13.7. The average molecular weight is 514 g/mol. The Morgan fingerprint density at radius 2 is 1.77 bits per heavy atom. The Hall–Kier alpha value is -2.76. The molecule has 184 valence electrons. The van der Waals surface area contributed by atoms with Crippen molar-refractivity contribution in [3.63, 3.8) is 0 Å². The van der Waals surface area contributed by atoms with Crippen molar-refractivity contribution in [1.29, 1.82) is 0 Å². The van der Waals surface area contributed by atoms with E-state index >= 15 is 0 Å². The molecular weight excluding hydrogens is 485 g/mol. The predicted octanol–water partition coefficient (Wildman–Crippen LogP) is 6.71. The Kier molecular flexibility index (Phi) is 7.58. The number of carbonyl (C=O) groups excluding carboxylic acids is 2. The van der Waals surface area contributed by atoms with Crippen LogP contribution >= 0.6 is 23.2 Å². The van der Waals surface area contributed by atoms with Gasteiger partial charge in [0.1, 0.15) is 5.75 Å². The van der Waals surface area contributed by atoms with E-state index in [1.807, 2.05) is 51.1 Å². The number of halogens is 2. The highest BCUT2D eigenvalue weighted by atomic mass is 35.5. The lowest BCUT2D eigenvalue weighted by Crippen LogP contribution is -2.36. The fourth-order valence-corrected chi connectivity index (χ4v) is 5.08. The summed E-state index contributed by atoms with van der Waals surface area (Å²) in [7, 11) is 1.63. The summed E-state index contributed by atoms with van der Waals surface area (Å²) in [6.07, 6.45) is 1.45. The molecule has 7 heteroatoms. The van der Waals surface area contributed by atoms with Crippen molar-refractivity contribution in [3.05, 3.63) is 86.2 Å². The molecule has 1 N–H and O–H groups in total. The average Bonchev–Trinajstić information content (AvgIpc) is 2.84. The summed E-state index contributed by atoms with van der Waals surface area (Å²) >= 11 is 12.5. The minimum absolute atomic E-state index is 0.00280. The van der Waals surface area contributed by atoms with E-state index in [0.29, 0.717) is 46.2 Å². The molecule has 1 aliphatic carbocycles. The number of rotatable bonds is 6. The van der Waals surface area contributed by atoms with Gasteiger partial charge in [-0.2, -0.15) is 0 Å². The molecule has 1 heterocycles. The number of carbonyl (C=O) groups is 2. The zero-order chi connectivity index (χ0) is 25.3. The molecular formula is C28H29Cl2NO4. The van der Waals surface area contributed by atoms with Crippen LogP contribution in [0.1, 0.15) is 63.0 Å². The second-order valence-electron chi connectivity index (χ2n) is 9.09. The van der Waals surface area contributed by atoms with Crippen molar-refractivity contribution in [3.8, 4) is 5.75 Å². The van der Waals surface area contributed by atoms with E-state index in [-0.39, 0.29) is 17.8 Å². The van der Waals surface area contributed by atoms with E-state index in [2.05, 4.69) is 5.32 Å². The highest BCUT2D eigenvalue weighted by molar-refractivity contribution is 6.42. The van der Waals surface area contributed by atoms with Gasteiger partial charge in [-0.3, -0.25) is 4.79 Å². The number of ketones is 1. The van der Waals surface area contributed by atoms with Crippen molar-refractivity contribution in [2.75, 3.05) is 7.11 Å². The predicted molar refractivity (Wildman–Crippen MR) is 138 cm³/mol. The largest absolute Gasteiger partial charge is 0.497 e. The first-order valence-corrected chi connectivity index (χ1v) is 12.5. The molecule has 0 aromatic heterocycles. The van der Waals surface area contributed by atoms with Crippen LogP contribution in [0.25, 0.3) is 0 Å². The van der Waals surface area contributed by atoms with E-state index in [0.717, 1.165) is 22.6 Å². The van der Waals surface area contributed by atoms with Crippen LogP contribution in [0.3, 0.4) is 0 Å². The van der Waals surface area contributed by atoms with Crippen LogP contribution in [0.15, 0.2) is 65.0 Å². The Labute approximate surface area is 216 Å². The van der Waals surface area contributed by atoms with Gasteiger partial charge in [0.2, 0.25) is 0 Å². The summed E-state index contributed by atoms with van der Waals surface area (Å²) in [4.78, 5) is 27.0. The molecule has 0 saturated heterocycles. The van der Waals surface area contributed by atoms with Gasteiger partial charge in [0.25, 0.3) is 0 Å². The number of benzene rings is 2. The van der Waals surface area contributed by atoms with Crippen molar-refractivity contribution in [1.82, 2.24) is 5.32 Å². The van der Waals surface area contributed by atoms with Crippen LogP contribution in [0.2, 0.25) is 10.0 Å². The molecule has 35 heavy (non-hydrogen) atoms. The molecule has 0 fully saturated rings. The summed E-state index contributed by atoms with van der Waals surface area (Å²) in [5.74, 6) is -0.221. The normalized spacial score (nSPS) is 20.8. The molecule has 2 aliphatic rings. The van der Waals surface area contributed by atoms with Crippen molar-refractivity contribution in [2.45, 2.75) is 58.0 Å². The molecule has 2 aromatic carbocycles. The monoisotopic (exact) mass is 513 g/mol. The van der Waals surface area contributed by atoms with Crippen LogP contribution in [-0.4, -0.2) is 25.0 Å². The SMILES string of the molecule is CC[C@H](C)OC(=O)C1=C(C)NC2=C(C(=O)C[C@H](c3ccc(OC)cc3)C2)[C@@H]1c1ccc(Cl)c(Cl)c1. The molecule has 5 nitrogen and oxygen atoms in total. The number of hydrogen-bond donors (Lipinski definition) is 1. The van der Waals surface area contributed by atoms with E-state index in [9.17, 15) is 9.59 Å². The summed E-state index contributed by atoms with van der Waals surface area (Å²) < 4.78 is 11.0. The fourth-order valence-electron chi connectivity index (χ4n) is 4.78. The topological polar surface area (TPSA) is 64.6 Å². The quantitative estimate of drug-likeness (QED) is 0.435. The zero-order valence-corrected chi connectivity index (χ0v) is 21.8. The molecule has 0 amide bonds. The minimum atomic E-state index is -0.582. The third-order valence-corrected chi connectivity index (χ3v) is 7.53. The Morgan fingerprint density at radius 1 is 1.09 bits per heavy atom. The van der Waals surface area contributed by atoms with Gasteiger partial charge >= 0.3 is 5.97 Å². The number of dihydropyridines is 1. The third-order valence-electron chi connectivity index (χ3n) is 6.79. The van der Waals surface area contributed by atoms with E-state index in [1.54, 1.807) is 19.2 Å². The second-order valence-corrected chi connectivity index (χ2v) is 9.90. The molecule has 0 saturated carbocycles. The summed E-state index contributed by atoms with van der Waals surface area (Å²) in [6.45, 7) is 5.66. The maximum absolute atomic E-state index is 13.7. The molecule has 4 rings (SSSR count). The number of nitrogens with one attached hydrogen (secondary N) is 1. The van der Waals surface area contributed by atoms with Crippen LogP contribution in [0.4, 0.5) is 0 Å². The standard InChI is InChI=1S/C28H29Cl2NO4/c1-5-15(2)35-28(33)25-16(3)31-23-13-19(17-6-9-20(34-4)10-7-17)14-24(32)27(23)26(25)18-8-11-21(29)22(30)12-18/h6-12,15,19,26,31H,5,13-14H2,1-4H3/t15-,19+,26+/m0/s1. The van der Waals surface area contributed by atoms with Crippen molar-refractivity contribution >= 4 is 35.0 Å². The number of hydrogen-bond acceptors (Lipinski definition) is 5. The van der Waals surface area contributed by atoms with Crippen LogP contribution in [-0.2, 0) is 14.3 Å². The van der Waals surface area contributed by atoms with Gasteiger partial charge in [-0.05, 0) is 68.0 Å². The van der Waals surface area contributed by atoms with Crippen LogP contribution in [0.5, 0.6) is 5.75 Å². The first kappa shape index (κ1) is 25.3. The first-order valence-electron chi connectivity index (χ1n) is 11.8. The molecule has 3 atom stereocenters. The van der Waals surface area contributed by atoms with Crippen molar-refractivity contribution in [2.24, 2.45) is 0 Å². The molecule has 0 radical (unpaired) electrons. The lowest BCUT2D eigenvalue weighted by molar-refractivity contribution is -0.144. The van der Waals surface area contributed by atoms with Crippen molar-refractivity contribution < 1.29 is 19.1 Å². The Balaban J connectivity index is 1.77. The van der Waals surface area contributed by atoms with Crippen LogP contribution in [0, 0.1) is 0 Å². The molecule has 0 unspecified atom stereocenters. The highest BCUT2D eigenvalue weighted by Gasteiger charge is 2.41. The Morgan fingerprint density at radius 3 is 2.40 bits per heavy atom.